The average Bonchev–Trinajstić information content (AvgIpc) is 2.35. The van der Waals surface area contributed by atoms with Crippen LogP contribution < -0.4 is 0 Å². The normalized spacial score (nSPS) is 19.2. The van der Waals surface area contributed by atoms with Crippen molar-refractivity contribution in [2.24, 2.45) is 5.41 Å². The lowest BCUT2D eigenvalue weighted by molar-refractivity contribution is 0.00907. The fraction of sp³-hybridized carbons (Fsp3) is 0.533. The van der Waals surface area contributed by atoms with Gasteiger partial charge in [0.15, 0.2) is 0 Å². The molecule has 19 heavy (non-hydrogen) atoms. The summed E-state index contributed by atoms with van der Waals surface area (Å²) in [6.07, 6.45) is 3.59. The summed E-state index contributed by atoms with van der Waals surface area (Å²) in [5.41, 5.74) is 0.224. The summed E-state index contributed by atoms with van der Waals surface area (Å²) in [4.78, 5) is 11.9. The summed E-state index contributed by atoms with van der Waals surface area (Å²) in [7, 11) is 0. The Morgan fingerprint density at radius 2 is 2.00 bits per heavy atom. The molecule has 104 valence electrons. The first-order valence-electron chi connectivity index (χ1n) is 6.53. The van der Waals surface area contributed by atoms with E-state index in [1.165, 1.54) is 18.2 Å². The molecule has 0 spiro atoms. The fourth-order valence-corrected chi connectivity index (χ4v) is 2.53. The van der Waals surface area contributed by atoms with Crippen LogP contribution in [0.15, 0.2) is 18.2 Å². The van der Waals surface area contributed by atoms with E-state index in [1.807, 2.05) is 0 Å². The van der Waals surface area contributed by atoms with Crippen LogP contribution in [-0.4, -0.2) is 12.1 Å². The van der Waals surface area contributed by atoms with E-state index in [-0.39, 0.29) is 11.7 Å². The zero-order valence-corrected chi connectivity index (χ0v) is 12.0. The Balaban J connectivity index is 2.00. The van der Waals surface area contributed by atoms with Crippen LogP contribution in [0.1, 0.15) is 49.9 Å². The average molecular weight is 285 g/mol. The molecule has 1 aromatic carbocycles. The van der Waals surface area contributed by atoms with Crippen LogP contribution in [0.25, 0.3) is 0 Å². The van der Waals surface area contributed by atoms with E-state index >= 15 is 0 Å². The van der Waals surface area contributed by atoms with E-state index in [4.69, 9.17) is 16.3 Å². The van der Waals surface area contributed by atoms with Gasteiger partial charge in [-0.1, -0.05) is 25.4 Å². The van der Waals surface area contributed by atoms with Gasteiger partial charge < -0.3 is 4.74 Å². The molecule has 0 heterocycles. The Morgan fingerprint density at radius 1 is 1.37 bits per heavy atom. The molecule has 0 aliphatic heterocycles. The molecule has 1 saturated carbocycles. The molecule has 0 bridgehead atoms. The van der Waals surface area contributed by atoms with Crippen molar-refractivity contribution in [2.75, 3.05) is 0 Å². The molecule has 1 aliphatic rings. The van der Waals surface area contributed by atoms with Gasteiger partial charge in [-0.05, 0) is 49.3 Å². The third-order valence-corrected chi connectivity index (χ3v) is 3.94. The van der Waals surface area contributed by atoms with Crippen LogP contribution in [0.4, 0.5) is 4.39 Å². The fourth-order valence-electron chi connectivity index (χ4n) is 2.36. The lowest BCUT2D eigenvalue weighted by Gasteiger charge is -2.33. The molecule has 1 fully saturated rings. The highest BCUT2D eigenvalue weighted by Crippen LogP contribution is 2.36. The molecule has 2 rings (SSSR count). The lowest BCUT2D eigenvalue weighted by Crippen LogP contribution is -2.28. The SMILES string of the molecule is CC1(C)CCC(OC(=O)c2cc(Cl)ccc2F)CC1. The van der Waals surface area contributed by atoms with E-state index < -0.39 is 11.8 Å². The highest BCUT2D eigenvalue weighted by atomic mass is 35.5. The molecular formula is C15H18ClFO2. The van der Waals surface area contributed by atoms with E-state index in [0.717, 1.165) is 25.7 Å². The Morgan fingerprint density at radius 3 is 2.63 bits per heavy atom. The Labute approximate surface area is 117 Å². The number of rotatable bonds is 2. The van der Waals surface area contributed by atoms with E-state index in [9.17, 15) is 9.18 Å². The van der Waals surface area contributed by atoms with Crippen molar-refractivity contribution in [3.8, 4) is 0 Å². The van der Waals surface area contributed by atoms with Gasteiger partial charge in [-0.15, -0.1) is 0 Å². The monoisotopic (exact) mass is 284 g/mol. The summed E-state index contributed by atoms with van der Waals surface area (Å²) in [5, 5.41) is 0.332. The molecule has 0 atom stereocenters. The molecule has 0 unspecified atom stereocenters. The maximum atomic E-state index is 13.5. The van der Waals surface area contributed by atoms with Gasteiger partial charge in [-0.2, -0.15) is 0 Å². The van der Waals surface area contributed by atoms with Crippen LogP contribution in [0.2, 0.25) is 5.02 Å². The standard InChI is InChI=1S/C15H18ClFO2/c1-15(2)7-5-11(6-8-15)19-14(18)12-9-10(16)3-4-13(12)17/h3-4,9,11H,5-8H2,1-2H3. The first-order valence-corrected chi connectivity index (χ1v) is 6.91. The van der Waals surface area contributed by atoms with E-state index in [0.29, 0.717) is 10.4 Å². The third kappa shape index (κ3) is 3.69. The first kappa shape index (κ1) is 14.3. The number of esters is 1. The number of benzene rings is 1. The van der Waals surface area contributed by atoms with Crippen LogP contribution in [0.3, 0.4) is 0 Å². The van der Waals surface area contributed by atoms with Gasteiger partial charge in [0.1, 0.15) is 11.9 Å². The van der Waals surface area contributed by atoms with Gasteiger partial charge in [-0.3, -0.25) is 0 Å². The van der Waals surface area contributed by atoms with Gasteiger partial charge >= 0.3 is 5.97 Å². The quantitative estimate of drug-likeness (QED) is 0.742. The number of hydrogen-bond donors (Lipinski definition) is 0. The molecule has 0 radical (unpaired) electrons. The lowest BCUT2D eigenvalue weighted by atomic mass is 9.76. The Hall–Kier alpha value is -1.09. The molecule has 2 nitrogen and oxygen atoms in total. The molecule has 0 saturated heterocycles. The summed E-state index contributed by atoms with van der Waals surface area (Å²) in [5.74, 6) is -1.21. The number of halogens is 2. The zero-order chi connectivity index (χ0) is 14.0. The van der Waals surface area contributed by atoms with Crippen LogP contribution >= 0.6 is 11.6 Å². The van der Waals surface area contributed by atoms with Crippen molar-refractivity contribution >= 4 is 17.6 Å². The number of carbonyl (C=O) groups is 1. The first-order chi connectivity index (χ1) is 8.87. The predicted octanol–water partition coefficient (Wildman–Crippen LogP) is 4.60. The second kappa shape index (κ2) is 5.49. The molecule has 0 N–H and O–H groups in total. The molecule has 1 aromatic rings. The molecule has 4 heteroatoms. The second-order valence-corrected chi connectivity index (χ2v) is 6.33. The summed E-state index contributed by atoms with van der Waals surface area (Å²) < 4.78 is 18.9. The highest BCUT2D eigenvalue weighted by molar-refractivity contribution is 6.30. The summed E-state index contributed by atoms with van der Waals surface area (Å²) in [6.45, 7) is 4.42. The van der Waals surface area contributed by atoms with Gasteiger partial charge in [0.2, 0.25) is 0 Å². The minimum Gasteiger partial charge on any atom is -0.459 e. The molecule has 0 amide bonds. The zero-order valence-electron chi connectivity index (χ0n) is 11.2. The Bertz CT molecular complexity index is 475. The largest absolute Gasteiger partial charge is 0.459 e. The van der Waals surface area contributed by atoms with Crippen molar-refractivity contribution in [3.05, 3.63) is 34.6 Å². The van der Waals surface area contributed by atoms with Gasteiger partial charge in [-0.25, -0.2) is 9.18 Å². The minimum absolute atomic E-state index is 0.0858. The van der Waals surface area contributed by atoms with Crippen LogP contribution in [-0.2, 0) is 4.74 Å². The second-order valence-electron chi connectivity index (χ2n) is 5.89. The molecule has 1 aliphatic carbocycles. The van der Waals surface area contributed by atoms with Gasteiger partial charge in [0.25, 0.3) is 0 Å². The minimum atomic E-state index is -0.621. The van der Waals surface area contributed by atoms with Crippen molar-refractivity contribution < 1.29 is 13.9 Å². The smallest absolute Gasteiger partial charge is 0.341 e. The maximum Gasteiger partial charge on any atom is 0.341 e. The number of hydrogen-bond acceptors (Lipinski definition) is 2. The highest BCUT2D eigenvalue weighted by Gasteiger charge is 2.29. The number of ether oxygens (including phenoxy) is 1. The van der Waals surface area contributed by atoms with Crippen LogP contribution in [0, 0.1) is 11.2 Å². The van der Waals surface area contributed by atoms with Crippen LogP contribution in [0.5, 0.6) is 0 Å². The third-order valence-electron chi connectivity index (χ3n) is 3.71. The van der Waals surface area contributed by atoms with Gasteiger partial charge in [0.05, 0.1) is 5.56 Å². The van der Waals surface area contributed by atoms with Gasteiger partial charge in [0, 0.05) is 5.02 Å². The maximum absolute atomic E-state index is 13.5. The Kier molecular flexibility index (Phi) is 4.14. The summed E-state index contributed by atoms with van der Waals surface area (Å²) >= 11 is 5.77. The van der Waals surface area contributed by atoms with E-state index in [1.54, 1.807) is 0 Å². The number of carbonyl (C=O) groups excluding carboxylic acids is 1. The van der Waals surface area contributed by atoms with Crippen molar-refractivity contribution in [2.45, 2.75) is 45.6 Å². The predicted molar refractivity (Wildman–Crippen MR) is 72.9 cm³/mol. The summed E-state index contributed by atoms with van der Waals surface area (Å²) in [6, 6.07) is 3.91. The van der Waals surface area contributed by atoms with Crippen molar-refractivity contribution in [3.63, 3.8) is 0 Å². The van der Waals surface area contributed by atoms with Crippen molar-refractivity contribution in [1.29, 1.82) is 0 Å². The molecule has 0 aromatic heterocycles. The molecular weight excluding hydrogens is 267 g/mol. The van der Waals surface area contributed by atoms with Crippen molar-refractivity contribution in [1.82, 2.24) is 0 Å². The van der Waals surface area contributed by atoms with E-state index in [2.05, 4.69) is 13.8 Å². The topological polar surface area (TPSA) is 26.3 Å².